The number of carbonyl (C=O) groups excluding carboxylic acids is 3. The summed E-state index contributed by atoms with van der Waals surface area (Å²) in [6.07, 6.45) is 0.527. The number of halogens is 1. The van der Waals surface area contributed by atoms with Crippen molar-refractivity contribution in [2.75, 3.05) is 0 Å². The molecule has 0 N–H and O–H groups in total. The molecule has 0 bridgehead atoms. The third kappa shape index (κ3) is 2.30. The zero-order valence-corrected chi connectivity index (χ0v) is 11.4. The summed E-state index contributed by atoms with van der Waals surface area (Å²) in [5.41, 5.74) is 1.14. The van der Waals surface area contributed by atoms with Gasteiger partial charge in [0.05, 0.1) is 23.4 Å². The first kappa shape index (κ1) is 13.4. The van der Waals surface area contributed by atoms with Crippen LogP contribution in [0.15, 0.2) is 30.3 Å². The Morgan fingerprint density at radius 1 is 1.10 bits per heavy atom. The van der Waals surface area contributed by atoms with Gasteiger partial charge in [-0.25, -0.2) is 9.97 Å². The summed E-state index contributed by atoms with van der Waals surface area (Å²) in [5.74, 6) is -0.782. The Balaban J connectivity index is 1.94. The molecular weight excluding hydrogens is 294 g/mol. The second kappa shape index (κ2) is 5.06. The topological polar surface area (TPSA) is 80.2 Å². The third-order valence-corrected chi connectivity index (χ3v) is 3.26. The molecule has 2 heterocycles. The molecule has 2 aromatic rings. The van der Waals surface area contributed by atoms with E-state index >= 15 is 0 Å². The number of carbonyl (C=O) groups is 3. The molecule has 0 saturated carbocycles. The first-order chi connectivity index (χ1) is 10.1. The Labute approximate surface area is 124 Å². The smallest absolute Gasteiger partial charge is 0.261 e. The number of aldehydes is 1. The van der Waals surface area contributed by atoms with Gasteiger partial charge in [0.15, 0.2) is 6.29 Å². The highest BCUT2D eigenvalue weighted by Crippen LogP contribution is 2.24. The Kier molecular flexibility index (Phi) is 3.23. The monoisotopic (exact) mass is 301 g/mol. The molecule has 1 aromatic carbocycles. The number of hydrogen-bond donors (Lipinski definition) is 0. The molecule has 0 spiro atoms. The van der Waals surface area contributed by atoms with Crippen LogP contribution in [0.1, 0.15) is 36.9 Å². The van der Waals surface area contributed by atoms with Gasteiger partial charge in [0.25, 0.3) is 11.8 Å². The number of imide groups is 1. The number of rotatable bonds is 3. The summed E-state index contributed by atoms with van der Waals surface area (Å²) in [5, 5.41) is -0.105. The SMILES string of the molecule is O=Cc1cc(CN2C(=O)c3ccccc3C2=O)nc(Cl)n1. The van der Waals surface area contributed by atoms with Crippen LogP contribution in [0.5, 0.6) is 0 Å². The van der Waals surface area contributed by atoms with Gasteiger partial charge in [-0.1, -0.05) is 12.1 Å². The lowest BCUT2D eigenvalue weighted by Crippen LogP contribution is -2.29. The Morgan fingerprint density at radius 3 is 2.29 bits per heavy atom. The molecule has 0 saturated heterocycles. The lowest BCUT2D eigenvalue weighted by Gasteiger charge is -2.13. The molecule has 0 radical (unpaired) electrons. The van der Waals surface area contributed by atoms with Crippen molar-refractivity contribution in [1.82, 2.24) is 14.9 Å². The predicted octanol–water partition coefficient (Wildman–Crippen LogP) is 1.74. The number of benzene rings is 1. The van der Waals surface area contributed by atoms with Crippen LogP contribution >= 0.6 is 11.6 Å². The molecule has 6 nitrogen and oxygen atoms in total. The van der Waals surface area contributed by atoms with Gasteiger partial charge in [0, 0.05) is 0 Å². The number of fused-ring (bicyclic) bond motifs is 1. The highest BCUT2D eigenvalue weighted by atomic mass is 35.5. The standard InChI is InChI=1S/C14H8ClN3O3/c15-14-16-8(5-9(7-19)17-14)6-18-12(20)10-3-1-2-4-11(10)13(18)21/h1-5,7H,6H2. The van der Waals surface area contributed by atoms with E-state index in [1.54, 1.807) is 24.3 Å². The van der Waals surface area contributed by atoms with Gasteiger partial charge in [-0.3, -0.25) is 19.3 Å². The molecular formula is C14H8ClN3O3. The quantitative estimate of drug-likeness (QED) is 0.490. The van der Waals surface area contributed by atoms with Crippen LogP contribution in [0.25, 0.3) is 0 Å². The first-order valence-electron chi connectivity index (χ1n) is 6.04. The molecule has 21 heavy (non-hydrogen) atoms. The second-order valence-corrected chi connectivity index (χ2v) is 4.75. The highest BCUT2D eigenvalue weighted by Gasteiger charge is 2.35. The van der Waals surface area contributed by atoms with Gasteiger partial charge < -0.3 is 0 Å². The molecule has 0 fully saturated rings. The minimum Gasteiger partial charge on any atom is -0.296 e. The van der Waals surface area contributed by atoms with Gasteiger partial charge in [-0.05, 0) is 29.8 Å². The van der Waals surface area contributed by atoms with E-state index in [-0.39, 0.29) is 17.5 Å². The zero-order valence-electron chi connectivity index (χ0n) is 10.6. The van der Waals surface area contributed by atoms with E-state index in [0.29, 0.717) is 23.1 Å². The van der Waals surface area contributed by atoms with E-state index < -0.39 is 11.8 Å². The summed E-state index contributed by atoms with van der Waals surface area (Å²) in [4.78, 5) is 43.9. The maximum Gasteiger partial charge on any atom is 0.261 e. The third-order valence-electron chi connectivity index (χ3n) is 3.09. The van der Waals surface area contributed by atoms with Crippen molar-refractivity contribution in [2.45, 2.75) is 6.54 Å². The number of aromatic nitrogens is 2. The maximum atomic E-state index is 12.2. The van der Waals surface area contributed by atoms with Gasteiger partial charge in [-0.2, -0.15) is 0 Å². The van der Waals surface area contributed by atoms with Gasteiger partial charge in [0.1, 0.15) is 5.69 Å². The van der Waals surface area contributed by atoms with Crippen LogP contribution in [0.2, 0.25) is 5.28 Å². The summed E-state index contributed by atoms with van der Waals surface area (Å²) in [6, 6.07) is 7.97. The molecule has 0 atom stereocenters. The van der Waals surface area contributed by atoms with E-state index in [0.717, 1.165) is 4.90 Å². The average molecular weight is 302 g/mol. The van der Waals surface area contributed by atoms with Crippen molar-refractivity contribution >= 4 is 29.7 Å². The van der Waals surface area contributed by atoms with Crippen molar-refractivity contribution < 1.29 is 14.4 Å². The fourth-order valence-electron chi connectivity index (χ4n) is 2.17. The lowest BCUT2D eigenvalue weighted by atomic mass is 10.1. The highest BCUT2D eigenvalue weighted by molar-refractivity contribution is 6.28. The maximum absolute atomic E-state index is 12.2. The molecule has 2 amide bonds. The summed E-state index contributed by atoms with van der Waals surface area (Å²) in [7, 11) is 0. The Bertz CT molecular complexity index is 741. The van der Waals surface area contributed by atoms with E-state index in [1.165, 1.54) is 6.07 Å². The lowest BCUT2D eigenvalue weighted by molar-refractivity contribution is 0.0640. The molecule has 1 aliphatic rings. The summed E-state index contributed by atoms with van der Waals surface area (Å²) < 4.78 is 0. The number of amides is 2. The first-order valence-corrected chi connectivity index (χ1v) is 6.42. The number of hydrogen-bond acceptors (Lipinski definition) is 5. The molecule has 7 heteroatoms. The largest absolute Gasteiger partial charge is 0.296 e. The minimum absolute atomic E-state index is 0.0601. The second-order valence-electron chi connectivity index (χ2n) is 4.41. The molecule has 0 unspecified atom stereocenters. The van der Waals surface area contributed by atoms with Crippen molar-refractivity contribution in [3.63, 3.8) is 0 Å². The normalized spacial score (nSPS) is 13.5. The van der Waals surface area contributed by atoms with Crippen molar-refractivity contribution in [3.8, 4) is 0 Å². The van der Waals surface area contributed by atoms with Gasteiger partial charge in [-0.15, -0.1) is 0 Å². The molecule has 3 rings (SSSR count). The molecule has 104 valence electrons. The Hall–Kier alpha value is -2.60. The van der Waals surface area contributed by atoms with Crippen molar-refractivity contribution in [2.24, 2.45) is 0 Å². The van der Waals surface area contributed by atoms with Crippen LogP contribution < -0.4 is 0 Å². The number of nitrogens with zero attached hydrogens (tertiary/aromatic N) is 3. The fourth-order valence-corrected chi connectivity index (χ4v) is 2.38. The van der Waals surface area contributed by atoms with Crippen LogP contribution in [0.4, 0.5) is 0 Å². The summed E-state index contributed by atoms with van der Waals surface area (Å²) in [6.45, 7) is -0.0601. The van der Waals surface area contributed by atoms with Crippen LogP contribution in [-0.2, 0) is 6.54 Å². The van der Waals surface area contributed by atoms with E-state index in [9.17, 15) is 14.4 Å². The Morgan fingerprint density at radius 2 is 1.71 bits per heavy atom. The predicted molar refractivity (Wildman–Crippen MR) is 73.1 cm³/mol. The molecule has 0 aliphatic carbocycles. The summed E-state index contributed by atoms with van der Waals surface area (Å²) >= 11 is 5.71. The van der Waals surface area contributed by atoms with Crippen LogP contribution in [-0.4, -0.2) is 33.0 Å². The van der Waals surface area contributed by atoms with E-state index in [4.69, 9.17) is 11.6 Å². The minimum atomic E-state index is -0.391. The van der Waals surface area contributed by atoms with Crippen molar-refractivity contribution in [3.05, 3.63) is 58.1 Å². The van der Waals surface area contributed by atoms with Gasteiger partial charge >= 0.3 is 0 Å². The van der Waals surface area contributed by atoms with Crippen LogP contribution in [0, 0.1) is 0 Å². The fraction of sp³-hybridized carbons (Fsp3) is 0.0714. The molecule has 1 aliphatic heterocycles. The molecule has 1 aromatic heterocycles. The van der Waals surface area contributed by atoms with Gasteiger partial charge in [0.2, 0.25) is 5.28 Å². The van der Waals surface area contributed by atoms with Crippen LogP contribution in [0.3, 0.4) is 0 Å². The zero-order chi connectivity index (χ0) is 15.0. The van der Waals surface area contributed by atoms with E-state index in [2.05, 4.69) is 9.97 Å². The van der Waals surface area contributed by atoms with E-state index in [1.807, 2.05) is 0 Å². The van der Waals surface area contributed by atoms with Crippen molar-refractivity contribution in [1.29, 1.82) is 0 Å². The average Bonchev–Trinajstić information content (AvgIpc) is 2.72.